The molecule has 8 heteroatoms. The predicted octanol–water partition coefficient (Wildman–Crippen LogP) is 3.00. The lowest BCUT2D eigenvalue weighted by Gasteiger charge is -2.29. The van der Waals surface area contributed by atoms with E-state index in [2.05, 4.69) is 15.5 Å². The molecule has 0 aromatic carbocycles. The summed E-state index contributed by atoms with van der Waals surface area (Å²) in [5.41, 5.74) is -0.483. The van der Waals surface area contributed by atoms with E-state index in [1.54, 1.807) is 23.1 Å². The number of carbonyl (C=O) groups is 1. The first kappa shape index (κ1) is 16.5. The van der Waals surface area contributed by atoms with Crippen LogP contribution in [-0.4, -0.2) is 40.8 Å². The minimum atomic E-state index is -0.483. The van der Waals surface area contributed by atoms with Gasteiger partial charge in [0.25, 0.3) is 0 Å². The Labute approximate surface area is 133 Å². The third-order valence-corrected chi connectivity index (χ3v) is 4.86. The molecule has 1 aromatic rings. The lowest BCUT2D eigenvalue weighted by Crippen LogP contribution is -2.43. The van der Waals surface area contributed by atoms with Crippen molar-refractivity contribution in [2.24, 2.45) is 0 Å². The van der Waals surface area contributed by atoms with Gasteiger partial charge in [0.2, 0.25) is 0 Å². The molecule has 0 unspecified atom stereocenters. The Morgan fingerprint density at radius 3 is 2.71 bits per heavy atom. The Hall–Kier alpha value is -0.860. The van der Waals surface area contributed by atoms with Gasteiger partial charge in [0.1, 0.15) is 16.7 Å². The Morgan fingerprint density at radius 2 is 2.19 bits per heavy atom. The second-order valence-electron chi connectivity index (χ2n) is 5.85. The van der Waals surface area contributed by atoms with Gasteiger partial charge in [0.15, 0.2) is 4.34 Å². The number of hydrogen-bond acceptors (Lipinski definition) is 7. The van der Waals surface area contributed by atoms with Gasteiger partial charge in [-0.1, -0.05) is 23.1 Å². The molecule has 0 bridgehead atoms. The number of carbonyl (C=O) groups excluding carboxylic acids is 1. The van der Waals surface area contributed by atoms with E-state index in [0.717, 1.165) is 22.2 Å². The van der Waals surface area contributed by atoms with Crippen molar-refractivity contribution in [1.29, 1.82) is 0 Å². The van der Waals surface area contributed by atoms with E-state index >= 15 is 0 Å². The largest absolute Gasteiger partial charge is 0.444 e. The number of thioether (sulfide) groups is 1. The van der Waals surface area contributed by atoms with Gasteiger partial charge in [-0.3, -0.25) is 0 Å². The van der Waals surface area contributed by atoms with E-state index in [1.807, 2.05) is 27.0 Å². The Balaban J connectivity index is 1.79. The number of ether oxygens (including phenoxy) is 2. The molecule has 0 aliphatic carbocycles. The monoisotopic (exact) mass is 331 g/mol. The van der Waals surface area contributed by atoms with Crippen molar-refractivity contribution in [3.8, 4) is 0 Å². The number of alkyl carbamates (subject to hydrolysis) is 1. The van der Waals surface area contributed by atoms with Crippen LogP contribution in [0.15, 0.2) is 4.34 Å². The van der Waals surface area contributed by atoms with Crippen LogP contribution in [-0.2, 0) is 9.47 Å². The van der Waals surface area contributed by atoms with Crippen LogP contribution >= 0.6 is 23.1 Å². The zero-order valence-corrected chi connectivity index (χ0v) is 14.3. The minimum Gasteiger partial charge on any atom is -0.444 e. The van der Waals surface area contributed by atoms with Crippen molar-refractivity contribution >= 4 is 29.2 Å². The van der Waals surface area contributed by atoms with Crippen LogP contribution in [0.3, 0.4) is 0 Å². The summed E-state index contributed by atoms with van der Waals surface area (Å²) in [5, 5.41) is 12.0. The average molecular weight is 331 g/mol. The van der Waals surface area contributed by atoms with Crippen molar-refractivity contribution in [1.82, 2.24) is 15.5 Å². The van der Waals surface area contributed by atoms with Crippen LogP contribution in [0.4, 0.5) is 4.79 Å². The van der Waals surface area contributed by atoms with E-state index in [1.165, 1.54) is 0 Å². The summed E-state index contributed by atoms with van der Waals surface area (Å²) >= 11 is 3.15. The molecule has 6 nitrogen and oxygen atoms in total. The molecule has 1 aliphatic rings. The third-order valence-electron chi connectivity index (χ3n) is 2.87. The van der Waals surface area contributed by atoms with E-state index < -0.39 is 11.7 Å². The summed E-state index contributed by atoms with van der Waals surface area (Å²) in [6.07, 6.45) is 3.24. The first-order chi connectivity index (χ1) is 9.87. The van der Waals surface area contributed by atoms with Crippen molar-refractivity contribution in [3.05, 3.63) is 5.01 Å². The molecule has 0 radical (unpaired) electrons. The molecule has 1 aromatic heterocycles. The van der Waals surface area contributed by atoms with Crippen molar-refractivity contribution in [3.63, 3.8) is 0 Å². The van der Waals surface area contributed by atoms with Gasteiger partial charge in [0.05, 0.1) is 12.6 Å². The molecule has 2 atom stereocenters. The number of nitrogens with one attached hydrogen (secondary N) is 1. The SMILES string of the molecule is CSc1nnc([C@@H]2CC[C@@H](NC(=O)OC(C)(C)C)CO2)s1. The van der Waals surface area contributed by atoms with Crippen LogP contribution in [0.5, 0.6) is 0 Å². The van der Waals surface area contributed by atoms with Gasteiger partial charge in [-0.05, 0) is 39.9 Å². The molecule has 2 rings (SSSR count). The normalized spacial score (nSPS) is 22.9. The maximum absolute atomic E-state index is 11.7. The second kappa shape index (κ2) is 6.93. The quantitative estimate of drug-likeness (QED) is 0.858. The molecule has 1 fully saturated rings. The van der Waals surface area contributed by atoms with Crippen molar-refractivity contribution < 1.29 is 14.3 Å². The summed E-state index contributed by atoms with van der Waals surface area (Å²) in [5.74, 6) is 0. The fourth-order valence-electron chi connectivity index (χ4n) is 1.97. The summed E-state index contributed by atoms with van der Waals surface area (Å²) < 4.78 is 12.0. The average Bonchev–Trinajstić information content (AvgIpc) is 2.86. The van der Waals surface area contributed by atoms with Gasteiger partial charge in [-0.2, -0.15) is 0 Å². The maximum atomic E-state index is 11.7. The van der Waals surface area contributed by atoms with Gasteiger partial charge in [-0.15, -0.1) is 10.2 Å². The molecule has 0 spiro atoms. The van der Waals surface area contributed by atoms with Gasteiger partial charge in [-0.25, -0.2) is 4.79 Å². The lowest BCUT2D eigenvalue weighted by atomic mass is 10.1. The van der Waals surface area contributed by atoms with Gasteiger partial charge >= 0.3 is 6.09 Å². The van der Waals surface area contributed by atoms with Crippen LogP contribution in [0.1, 0.15) is 44.7 Å². The molecule has 2 heterocycles. The number of hydrogen-bond donors (Lipinski definition) is 1. The molecule has 21 heavy (non-hydrogen) atoms. The fraction of sp³-hybridized carbons (Fsp3) is 0.769. The first-order valence-corrected chi connectivity index (χ1v) is 8.90. The van der Waals surface area contributed by atoms with Crippen molar-refractivity contribution in [2.45, 2.75) is 55.7 Å². The Kier molecular flexibility index (Phi) is 5.45. The number of amides is 1. The molecule has 118 valence electrons. The zero-order chi connectivity index (χ0) is 15.5. The van der Waals surface area contributed by atoms with Crippen LogP contribution in [0, 0.1) is 0 Å². The smallest absolute Gasteiger partial charge is 0.407 e. The zero-order valence-electron chi connectivity index (χ0n) is 12.7. The topological polar surface area (TPSA) is 73.3 Å². The Morgan fingerprint density at radius 1 is 1.43 bits per heavy atom. The van der Waals surface area contributed by atoms with E-state index in [4.69, 9.17) is 9.47 Å². The lowest BCUT2D eigenvalue weighted by molar-refractivity contribution is -0.00957. The van der Waals surface area contributed by atoms with E-state index in [9.17, 15) is 4.79 Å². The van der Waals surface area contributed by atoms with E-state index in [0.29, 0.717) is 6.61 Å². The Bertz CT molecular complexity index is 479. The predicted molar refractivity (Wildman–Crippen MR) is 82.8 cm³/mol. The van der Waals surface area contributed by atoms with Crippen molar-refractivity contribution in [2.75, 3.05) is 12.9 Å². The summed E-state index contributed by atoms with van der Waals surface area (Å²) in [7, 11) is 0. The third kappa shape index (κ3) is 5.12. The van der Waals surface area contributed by atoms with Crippen LogP contribution in [0.25, 0.3) is 0 Å². The van der Waals surface area contributed by atoms with E-state index in [-0.39, 0.29) is 12.1 Å². The highest BCUT2D eigenvalue weighted by Gasteiger charge is 2.27. The van der Waals surface area contributed by atoms with Gasteiger partial charge < -0.3 is 14.8 Å². The second-order valence-corrected chi connectivity index (χ2v) is 7.92. The maximum Gasteiger partial charge on any atom is 0.407 e. The summed E-state index contributed by atoms with van der Waals surface area (Å²) in [4.78, 5) is 11.7. The molecule has 0 saturated carbocycles. The number of rotatable bonds is 3. The van der Waals surface area contributed by atoms with Gasteiger partial charge in [0, 0.05) is 0 Å². The highest BCUT2D eigenvalue weighted by Crippen LogP contribution is 2.32. The highest BCUT2D eigenvalue weighted by molar-refractivity contribution is 8.00. The molecule has 1 aliphatic heterocycles. The highest BCUT2D eigenvalue weighted by atomic mass is 32.2. The number of nitrogens with zero attached hydrogens (tertiary/aromatic N) is 2. The molecular weight excluding hydrogens is 310 g/mol. The molecule has 1 amide bonds. The molecular formula is C13H21N3O3S2. The first-order valence-electron chi connectivity index (χ1n) is 6.86. The number of aromatic nitrogens is 2. The summed E-state index contributed by atoms with van der Waals surface area (Å²) in [6.45, 7) is 6.01. The van der Waals surface area contributed by atoms with Crippen LogP contribution in [0.2, 0.25) is 0 Å². The summed E-state index contributed by atoms with van der Waals surface area (Å²) in [6, 6.07) is -0.0101. The minimum absolute atomic E-state index is 0.0101. The molecule has 1 saturated heterocycles. The molecule has 1 N–H and O–H groups in total. The fourth-order valence-corrected chi connectivity index (χ4v) is 3.34. The standard InChI is InChI=1S/C13H21N3O3S2/c1-13(2,3)19-11(17)14-8-5-6-9(18-7-8)10-15-16-12(20-4)21-10/h8-9H,5-7H2,1-4H3,(H,14,17)/t8-,9+/m1/s1. The van der Waals surface area contributed by atoms with Crippen LogP contribution < -0.4 is 5.32 Å².